The van der Waals surface area contributed by atoms with Gasteiger partial charge < -0.3 is 0 Å². The number of halogens is 1. The molecule has 36 heavy (non-hydrogen) atoms. The highest BCUT2D eigenvalue weighted by molar-refractivity contribution is 7.22. The van der Waals surface area contributed by atoms with Gasteiger partial charge in [-0.2, -0.15) is 0 Å². The first kappa shape index (κ1) is 22.1. The maximum absolute atomic E-state index is 14.5. The fourth-order valence-electron chi connectivity index (χ4n) is 4.27. The zero-order valence-corrected chi connectivity index (χ0v) is 20.0. The van der Waals surface area contributed by atoms with Gasteiger partial charge in [-0.05, 0) is 29.8 Å². The van der Waals surface area contributed by atoms with Crippen LogP contribution in [0, 0.1) is 5.82 Å². The molecule has 0 saturated heterocycles. The van der Waals surface area contributed by atoms with E-state index in [1.165, 1.54) is 17.4 Å². The van der Waals surface area contributed by atoms with E-state index in [0.29, 0.717) is 27.6 Å². The number of nitrogens with zero attached hydrogens (tertiary/aromatic N) is 3. The summed E-state index contributed by atoms with van der Waals surface area (Å²) in [5.74, 6) is -0.614. The summed E-state index contributed by atoms with van der Waals surface area (Å²) in [5.41, 5.74) is 4.12. The van der Waals surface area contributed by atoms with Gasteiger partial charge in [0.25, 0.3) is 5.91 Å². The fourth-order valence-corrected chi connectivity index (χ4v) is 5.24. The lowest BCUT2D eigenvalue weighted by molar-refractivity contribution is 0.0986. The van der Waals surface area contributed by atoms with E-state index in [1.807, 2.05) is 97.1 Å². The van der Waals surface area contributed by atoms with E-state index in [1.54, 1.807) is 11.0 Å². The van der Waals surface area contributed by atoms with Crippen LogP contribution in [-0.4, -0.2) is 15.9 Å². The molecule has 0 atom stereocenters. The Morgan fingerprint density at radius 1 is 0.806 bits per heavy atom. The van der Waals surface area contributed by atoms with E-state index in [4.69, 9.17) is 4.98 Å². The fraction of sp³-hybridized carbons (Fsp3) is 0.0333. The molecule has 0 unspecified atom stereocenters. The first-order chi connectivity index (χ1) is 17.7. The quantitative estimate of drug-likeness (QED) is 0.252. The molecule has 0 bridgehead atoms. The minimum atomic E-state index is -0.400. The zero-order chi connectivity index (χ0) is 24.5. The Morgan fingerprint density at radius 2 is 1.53 bits per heavy atom. The van der Waals surface area contributed by atoms with Gasteiger partial charge in [0.1, 0.15) is 11.3 Å². The van der Waals surface area contributed by atoms with Crippen LogP contribution in [0.1, 0.15) is 15.9 Å². The van der Waals surface area contributed by atoms with Gasteiger partial charge in [-0.3, -0.25) is 9.69 Å². The van der Waals surface area contributed by atoms with E-state index in [9.17, 15) is 9.18 Å². The summed E-state index contributed by atoms with van der Waals surface area (Å²) in [6.45, 7) is 0.304. The van der Waals surface area contributed by atoms with Gasteiger partial charge in [0.05, 0.1) is 28.0 Å². The average Bonchev–Trinajstić information content (AvgIpc) is 3.37. The number of thiazole rings is 1. The predicted octanol–water partition coefficient (Wildman–Crippen LogP) is 7.50. The Balaban J connectivity index is 1.53. The number of aromatic nitrogens is 2. The van der Waals surface area contributed by atoms with Gasteiger partial charge in [-0.1, -0.05) is 96.3 Å². The van der Waals surface area contributed by atoms with Gasteiger partial charge >= 0.3 is 0 Å². The number of fused-ring (bicyclic) bond motifs is 2. The molecule has 0 spiro atoms. The number of pyridine rings is 1. The number of carbonyl (C=O) groups is 1. The molecular weight excluding hydrogens is 469 g/mol. The van der Waals surface area contributed by atoms with Crippen molar-refractivity contribution in [1.29, 1.82) is 0 Å². The second kappa shape index (κ2) is 9.32. The van der Waals surface area contributed by atoms with Crippen molar-refractivity contribution < 1.29 is 9.18 Å². The molecule has 0 saturated carbocycles. The first-order valence-electron chi connectivity index (χ1n) is 11.5. The highest BCUT2D eigenvalue weighted by Crippen LogP contribution is 2.33. The zero-order valence-electron chi connectivity index (χ0n) is 19.1. The number of hydrogen-bond acceptors (Lipinski definition) is 4. The maximum atomic E-state index is 14.5. The first-order valence-corrected chi connectivity index (χ1v) is 12.3. The second-order valence-electron chi connectivity index (χ2n) is 8.40. The van der Waals surface area contributed by atoms with Crippen LogP contribution < -0.4 is 4.90 Å². The van der Waals surface area contributed by atoms with Crippen LogP contribution in [0.15, 0.2) is 109 Å². The number of benzene rings is 4. The van der Waals surface area contributed by atoms with E-state index in [0.717, 1.165) is 22.0 Å². The van der Waals surface area contributed by atoms with Crippen LogP contribution >= 0.6 is 11.3 Å². The van der Waals surface area contributed by atoms with E-state index < -0.39 is 5.82 Å². The van der Waals surface area contributed by atoms with Crippen LogP contribution in [0.4, 0.5) is 9.52 Å². The van der Waals surface area contributed by atoms with Gasteiger partial charge in [0.2, 0.25) is 0 Å². The number of amides is 1. The molecule has 0 aliphatic carbocycles. The smallest absolute Gasteiger partial charge is 0.261 e. The summed E-state index contributed by atoms with van der Waals surface area (Å²) < 4.78 is 15.2. The van der Waals surface area contributed by atoms with Crippen molar-refractivity contribution in [2.24, 2.45) is 0 Å². The summed E-state index contributed by atoms with van der Waals surface area (Å²) in [5, 5.41) is 1.21. The molecule has 4 nitrogen and oxygen atoms in total. The van der Waals surface area contributed by atoms with Crippen molar-refractivity contribution in [2.45, 2.75) is 6.54 Å². The molecule has 4 aromatic carbocycles. The van der Waals surface area contributed by atoms with Crippen molar-refractivity contribution in [3.05, 3.63) is 126 Å². The summed E-state index contributed by atoms with van der Waals surface area (Å²) in [4.78, 5) is 25.3. The van der Waals surface area contributed by atoms with Gasteiger partial charge in [-0.25, -0.2) is 14.4 Å². The van der Waals surface area contributed by atoms with E-state index in [2.05, 4.69) is 4.98 Å². The van der Waals surface area contributed by atoms with Gasteiger partial charge in [0.15, 0.2) is 5.13 Å². The van der Waals surface area contributed by atoms with Gasteiger partial charge in [-0.15, -0.1) is 0 Å². The minimum absolute atomic E-state index is 0.214. The number of carbonyl (C=O) groups excluding carboxylic acids is 1. The van der Waals surface area contributed by atoms with E-state index in [-0.39, 0.29) is 11.4 Å². The Hall–Kier alpha value is -4.42. The molecule has 2 aromatic heterocycles. The minimum Gasteiger partial charge on any atom is -0.279 e. The Labute approximate surface area is 211 Å². The molecule has 0 aliphatic heterocycles. The number of para-hydroxylation sites is 2. The number of anilines is 1. The highest BCUT2D eigenvalue weighted by Gasteiger charge is 2.25. The molecule has 0 fully saturated rings. The van der Waals surface area contributed by atoms with E-state index >= 15 is 0 Å². The molecule has 0 N–H and O–H groups in total. The van der Waals surface area contributed by atoms with Crippen LogP contribution in [-0.2, 0) is 6.54 Å². The van der Waals surface area contributed by atoms with Crippen molar-refractivity contribution >= 4 is 43.5 Å². The van der Waals surface area contributed by atoms with Crippen molar-refractivity contribution in [3.8, 4) is 11.3 Å². The number of rotatable bonds is 5. The molecule has 6 aromatic rings. The standard InChI is InChI=1S/C30H20FN3OS/c31-24-15-9-17-27-28(24)33-30(36-27)34(19-20-10-3-1-4-11-20)29(35)23-18-26(21-12-5-2-6-13-21)32-25-16-8-7-14-22(23)25/h1-18H,19H2. The van der Waals surface area contributed by atoms with Crippen LogP contribution in [0.25, 0.3) is 32.4 Å². The summed E-state index contributed by atoms with van der Waals surface area (Å²) >= 11 is 1.31. The molecule has 1 amide bonds. The third kappa shape index (κ3) is 4.12. The third-order valence-electron chi connectivity index (χ3n) is 6.03. The molecule has 6 rings (SSSR count). The molecule has 0 radical (unpaired) electrons. The monoisotopic (exact) mass is 489 g/mol. The summed E-state index contributed by atoms with van der Waals surface area (Å²) in [6.07, 6.45) is 0. The topological polar surface area (TPSA) is 46.1 Å². The van der Waals surface area contributed by atoms with Crippen molar-refractivity contribution in [2.75, 3.05) is 4.90 Å². The lowest BCUT2D eigenvalue weighted by Gasteiger charge is -2.21. The molecule has 174 valence electrons. The SMILES string of the molecule is O=C(c1cc(-c2ccccc2)nc2ccccc12)N(Cc1ccccc1)c1nc2c(F)cccc2s1. The Kier molecular flexibility index (Phi) is 5.71. The number of hydrogen-bond donors (Lipinski definition) is 0. The average molecular weight is 490 g/mol. The van der Waals surface area contributed by atoms with Crippen molar-refractivity contribution in [1.82, 2.24) is 9.97 Å². The predicted molar refractivity (Wildman–Crippen MR) is 144 cm³/mol. The normalized spacial score (nSPS) is 11.1. The maximum Gasteiger partial charge on any atom is 0.261 e. The van der Waals surface area contributed by atoms with Gasteiger partial charge in [0, 0.05) is 10.9 Å². The molecular formula is C30H20FN3OS. The van der Waals surface area contributed by atoms with Crippen LogP contribution in [0.2, 0.25) is 0 Å². The highest BCUT2D eigenvalue weighted by atomic mass is 32.1. The van der Waals surface area contributed by atoms with Crippen LogP contribution in [0.3, 0.4) is 0 Å². The Morgan fingerprint density at radius 3 is 2.31 bits per heavy atom. The largest absolute Gasteiger partial charge is 0.279 e. The molecule has 2 heterocycles. The Bertz CT molecular complexity index is 1700. The summed E-state index contributed by atoms with van der Waals surface area (Å²) in [6, 6.07) is 33.9. The van der Waals surface area contributed by atoms with Crippen LogP contribution in [0.5, 0.6) is 0 Å². The molecule has 0 aliphatic rings. The lowest BCUT2D eigenvalue weighted by atomic mass is 10.0. The second-order valence-corrected chi connectivity index (χ2v) is 9.41. The molecule has 6 heteroatoms. The summed E-state index contributed by atoms with van der Waals surface area (Å²) in [7, 11) is 0. The lowest BCUT2D eigenvalue weighted by Crippen LogP contribution is -2.30. The van der Waals surface area contributed by atoms with Crippen molar-refractivity contribution in [3.63, 3.8) is 0 Å². The third-order valence-corrected chi connectivity index (χ3v) is 7.08.